The number of hydrogen-bond donors (Lipinski definition) is 1. The molecule has 0 saturated heterocycles. The van der Waals surface area contributed by atoms with E-state index in [1.807, 2.05) is 0 Å². The first-order valence-corrected chi connectivity index (χ1v) is 7.22. The second kappa shape index (κ2) is 6.16. The topological polar surface area (TPSA) is 94.2 Å². The summed E-state index contributed by atoms with van der Waals surface area (Å²) >= 11 is 0. The fourth-order valence-electron chi connectivity index (χ4n) is 2.55. The molecule has 0 aliphatic carbocycles. The third-order valence-electron chi connectivity index (χ3n) is 3.73. The van der Waals surface area contributed by atoms with E-state index in [0.717, 1.165) is 0 Å². The number of nitrogens with one attached hydrogen (secondary N) is 1. The summed E-state index contributed by atoms with van der Waals surface area (Å²) in [6, 6.07) is 9.29. The molecule has 0 aliphatic rings. The van der Waals surface area contributed by atoms with Gasteiger partial charge in [-0.05, 0) is 24.3 Å². The van der Waals surface area contributed by atoms with E-state index in [1.54, 1.807) is 0 Å². The molecule has 126 valence electrons. The molecule has 0 unspecified atom stereocenters. The lowest BCUT2D eigenvalue weighted by Crippen LogP contribution is -2.23. The Morgan fingerprint density at radius 3 is 2.52 bits per heavy atom. The van der Waals surface area contributed by atoms with Crippen molar-refractivity contribution in [2.75, 3.05) is 5.32 Å². The highest BCUT2D eigenvalue weighted by Crippen LogP contribution is 2.17. The molecule has 0 atom stereocenters. The van der Waals surface area contributed by atoms with Gasteiger partial charge in [0.2, 0.25) is 5.43 Å². The summed E-state index contributed by atoms with van der Waals surface area (Å²) in [5, 5.41) is 13.2. The van der Waals surface area contributed by atoms with E-state index < -0.39 is 22.1 Å². The van der Waals surface area contributed by atoms with Crippen LogP contribution in [0.3, 0.4) is 0 Å². The zero-order chi connectivity index (χ0) is 18.1. The van der Waals surface area contributed by atoms with Crippen LogP contribution in [0.1, 0.15) is 10.4 Å². The van der Waals surface area contributed by atoms with Crippen molar-refractivity contribution >= 4 is 28.2 Å². The second-order valence-corrected chi connectivity index (χ2v) is 5.38. The molecule has 3 rings (SSSR count). The lowest BCUT2D eigenvalue weighted by atomic mass is 10.1. The first-order chi connectivity index (χ1) is 11.9. The number of pyridine rings is 1. The summed E-state index contributed by atoms with van der Waals surface area (Å²) < 4.78 is 15.3. The number of rotatable bonds is 3. The Morgan fingerprint density at radius 2 is 1.88 bits per heavy atom. The Morgan fingerprint density at radius 1 is 1.20 bits per heavy atom. The minimum atomic E-state index is -0.680. The molecule has 0 bridgehead atoms. The summed E-state index contributed by atoms with van der Waals surface area (Å²) in [6.07, 6.45) is 1.26. The Hall–Kier alpha value is -3.55. The monoisotopic (exact) mass is 341 g/mol. The predicted molar refractivity (Wildman–Crippen MR) is 90.2 cm³/mol. The Bertz CT molecular complexity index is 1060. The van der Waals surface area contributed by atoms with Gasteiger partial charge in [-0.25, -0.2) is 4.39 Å². The van der Waals surface area contributed by atoms with Crippen LogP contribution in [0.2, 0.25) is 0 Å². The zero-order valence-electron chi connectivity index (χ0n) is 13.0. The highest BCUT2D eigenvalue weighted by molar-refractivity contribution is 6.05. The van der Waals surface area contributed by atoms with Gasteiger partial charge >= 0.3 is 0 Å². The van der Waals surface area contributed by atoms with Crippen LogP contribution in [0, 0.1) is 15.9 Å². The molecule has 1 N–H and O–H groups in total. The predicted octanol–water partition coefficient (Wildman–Crippen LogP) is 2.84. The fraction of sp³-hybridized carbons (Fsp3) is 0.0588. The minimum Gasteiger partial charge on any atom is -0.347 e. The van der Waals surface area contributed by atoms with Gasteiger partial charge in [0.15, 0.2) is 0 Å². The van der Waals surface area contributed by atoms with E-state index >= 15 is 0 Å². The maximum Gasteiger partial charge on any atom is 0.269 e. The molecule has 0 saturated carbocycles. The van der Waals surface area contributed by atoms with E-state index in [4.69, 9.17) is 0 Å². The number of nitro groups is 1. The van der Waals surface area contributed by atoms with Crippen molar-refractivity contribution in [3.05, 3.63) is 80.4 Å². The maximum absolute atomic E-state index is 13.9. The molecule has 1 amide bonds. The molecule has 0 aliphatic heterocycles. The van der Waals surface area contributed by atoms with E-state index in [2.05, 4.69) is 5.32 Å². The fourth-order valence-corrected chi connectivity index (χ4v) is 2.55. The third kappa shape index (κ3) is 2.97. The lowest BCUT2D eigenvalue weighted by Gasteiger charge is -2.10. The van der Waals surface area contributed by atoms with Crippen molar-refractivity contribution in [1.82, 2.24) is 4.57 Å². The molecule has 1 heterocycles. The van der Waals surface area contributed by atoms with Gasteiger partial charge in [-0.1, -0.05) is 6.07 Å². The average molecular weight is 341 g/mol. The lowest BCUT2D eigenvalue weighted by molar-refractivity contribution is -0.384. The van der Waals surface area contributed by atoms with E-state index in [9.17, 15) is 24.1 Å². The quantitative estimate of drug-likeness (QED) is 0.585. The van der Waals surface area contributed by atoms with Crippen LogP contribution >= 0.6 is 0 Å². The van der Waals surface area contributed by atoms with Crippen LogP contribution in [-0.4, -0.2) is 15.4 Å². The number of aromatic nitrogens is 1. The van der Waals surface area contributed by atoms with Gasteiger partial charge in [0.25, 0.3) is 11.6 Å². The van der Waals surface area contributed by atoms with Crippen LogP contribution in [0.5, 0.6) is 0 Å². The van der Waals surface area contributed by atoms with Crippen LogP contribution in [0.4, 0.5) is 15.8 Å². The molecular formula is C17H12FN3O4. The van der Waals surface area contributed by atoms with Crippen LogP contribution < -0.4 is 10.7 Å². The molecular weight excluding hydrogens is 329 g/mol. The number of fused-ring (bicyclic) bond motifs is 1. The number of aryl methyl sites for hydroxylation is 1. The molecule has 2 aromatic carbocycles. The molecule has 0 spiro atoms. The van der Waals surface area contributed by atoms with Gasteiger partial charge in [-0.3, -0.25) is 19.7 Å². The number of amides is 1. The molecule has 1 aromatic heterocycles. The first kappa shape index (κ1) is 16.3. The van der Waals surface area contributed by atoms with Gasteiger partial charge in [0.1, 0.15) is 11.4 Å². The number of hydrogen-bond acceptors (Lipinski definition) is 4. The second-order valence-electron chi connectivity index (χ2n) is 5.38. The Kier molecular flexibility index (Phi) is 4.02. The summed E-state index contributed by atoms with van der Waals surface area (Å²) in [5.74, 6) is -1.24. The minimum absolute atomic E-state index is 0.0962. The van der Waals surface area contributed by atoms with Crippen molar-refractivity contribution in [3.63, 3.8) is 0 Å². The molecule has 25 heavy (non-hydrogen) atoms. The number of para-hydroxylation sites is 1. The highest BCUT2D eigenvalue weighted by atomic mass is 19.1. The van der Waals surface area contributed by atoms with Crippen LogP contribution in [0.15, 0.2) is 53.5 Å². The first-order valence-electron chi connectivity index (χ1n) is 7.22. The number of carbonyl (C=O) groups is 1. The zero-order valence-corrected chi connectivity index (χ0v) is 13.0. The molecule has 3 aromatic rings. The average Bonchev–Trinajstić information content (AvgIpc) is 2.58. The van der Waals surface area contributed by atoms with Gasteiger partial charge in [0.05, 0.1) is 10.4 Å². The smallest absolute Gasteiger partial charge is 0.269 e. The SMILES string of the molecule is Cn1cc(C(=O)Nc2ccc([N+](=O)[O-])cc2)c(=O)c2cccc(F)c21. The van der Waals surface area contributed by atoms with E-state index in [0.29, 0.717) is 5.69 Å². The van der Waals surface area contributed by atoms with Gasteiger partial charge in [-0.2, -0.15) is 0 Å². The third-order valence-corrected chi connectivity index (χ3v) is 3.73. The molecule has 7 nitrogen and oxygen atoms in total. The molecule has 8 heteroatoms. The number of nitro benzene ring substituents is 1. The van der Waals surface area contributed by atoms with Crippen molar-refractivity contribution in [2.45, 2.75) is 0 Å². The van der Waals surface area contributed by atoms with Crippen molar-refractivity contribution in [3.8, 4) is 0 Å². The van der Waals surface area contributed by atoms with E-state index in [1.165, 1.54) is 60.3 Å². The van der Waals surface area contributed by atoms with Crippen molar-refractivity contribution in [1.29, 1.82) is 0 Å². The van der Waals surface area contributed by atoms with Gasteiger partial charge in [-0.15, -0.1) is 0 Å². The normalized spacial score (nSPS) is 10.6. The van der Waals surface area contributed by atoms with E-state index in [-0.39, 0.29) is 22.2 Å². The summed E-state index contributed by atoms with van der Waals surface area (Å²) in [5.41, 5.74) is -0.447. The summed E-state index contributed by atoms with van der Waals surface area (Å²) in [6.45, 7) is 0. The number of nitrogens with zero attached hydrogens (tertiary/aromatic N) is 2. The maximum atomic E-state index is 13.9. The Labute approximate surface area is 140 Å². The van der Waals surface area contributed by atoms with Crippen molar-refractivity contribution in [2.24, 2.45) is 7.05 Å². The standard InChI is InChI=1S/C17H12FN3O4/c1-20-9-13(16(22)12-3-2-4-14(18)15(12)20)17(23)19-10-5-7-11(8-6-10)21(24)25/h2-9H,1H3,(H,19,23). The molecule has 0 fully saturated rings. The van der Waals surface area contributed by atoms with Gasteiger partial charge < -0.3 is 9.88 Å². The highest BCUT2D eigenvalue weighted by Gasteiger charge is 2.16. The largest absolute Gasteiger partial charge is 0.347 e. The summed E-state index contributed by atoms with van der Waals surface area (Å²) in [4.78, 5) is 34.9. The number of carbonyl (C=O) groups excluding carboxylic acids is 1. The number of benzene rings is 2. The van der Waals surface area contributed by atoms with Gasteiger partial charge in [0, 0.05) is 36.5 Å². The number of non-ortho nitro benzene ring substituents is 1. The van der Waals surface area contributed by atoms with Crippen molar-refractivity contribution < 1.29 is 14.1 Å². The summed E-state index contributed by atoms with van der Waals surface area (Å²) in [7, 11) is 1.54. The van der Waals surface area contributed by atoms with Crippen LogP contribution in [0.25, 0.3) is 10.9 Å². The molecule has 0 radical (unpaired) electrons. The van der Waals surface area contributed by atoms with Crippen LogP contribution in [-0.2, 0) is 7.05 Å². The number of anilines is 1. The number of halogens is 1. The Balaban J connectivity index is 1.99.